The Bertz CT molecular complexity index is 407. The highest BCUT2D eigenvalue weighted by molar-refractivity contribution is 6.05. The smallest absolute Gasteiger partial charge is 0.170 e. The molecule has 1 aromatic carbocycles. The lowest BCUT2D eigenvalue weighted by atomic mass is 9.66. The van der Waals surface area contributed by atoms with Crippen molar-refractivity contribution < 1.29 is 4.79 Å². The minimum Gasteiger partial charge on any atom is -0.294 e. The molecule has 0 saturated carbocycles. The highest BCUT2D eigenvalue weighted by Crippen LogP contribution is 2.47. The summed E-state index contributed by atoms with van der Waals surface area (Å²) in [6.45, 7) is 8.68. The summed E-state index contributed by atoms with van der Waals surface area (Å²) >= 11 is 0. The van der Waals surface area contributed by atoms with Crippen molar-refractivity contribution in [3.05, 3.63) is 35.4 Å². The molecule has 0 heterocycles. The zero-order chi connectivity index (χ0) is 11.9. The van der Waals surface area contributed by atoms with Crippen LogP contribution in [0.4, 0.5) is 0 Å². The first-order valence-corrected chi connectivity index (χ1v) is 6.13. The monoisotopic (exact) mass is 216 g/mol. The van der Waals surface area contributed by atoms with Crippen LogP contribution < -0.4 is 0 Å². The number of ketones is 1. The third kappa shape index (κ3) is 1.34. The van der Waals surface area contributed by atoms with E-state index in [1.54, 1.807) is 0 Å². The molecule has 0 aromatic heterocycles. The fraction of sp³-hybridized carbons (Fsp3) is 0.533. The maximum atomic E-state index is 12.6. The number of rotatable bonds is 2. The van der Waals surface area contributed by atoms with Gasteiger partial charge < -0.3 is 0 Å². The van der Waals surface area contributed by atoms with Crippen LogP contribution in [-0.2, 0) is 6.42 Å². The Labute approximate surface area is 97.9 Å². The third-order valence-electron chi connectivity index (χ3n) is 4.23. The predicted octanol–water partition coefficient (Wildman–Crippen LogP) is 3.72. The first-order valence-electron chi connectivity index (χ1n) is 6.13. The fourth-order valence-electron chi connectivity index (χ4n) is 3.14. The topological polar surface area (TPSA) is 17.1 Å². The summed E-state index contributed by atoms with van der Waals surface area (Å²) in [5, 5.41) is 0. The van der Waals surface area contributed by atoms with Crippen LogP contribution in [0, 0.1) is 17.3 Å². The van der Waals surface area contributed by atoms with Crippen molar-refractivity contribution in [3.63, 3.8) is 0 Å². The van der Waals surface area contributed by atoms with Gasteiger partial charge in [-0.05, 0) is 23.8 Å². The third-order valence-corrected chi connectivity index (χ3v) is 4.23. The molecule has 86 valence electrons. The average molecular weight is 216 g/mol. The fourth-order valence-corrected chi connectivity index (χ4v) is 3.14. The van der Waals surface area contributed by atoms with Crippen LogP contribution in [-0.4, -0.2) is 5.78 Å². The Morgan fingerprint density at radius 1 is 1.06 bits per heavy atom. The number of carbonyl (C=O) groups excluding carboxylic acids is 1. The van der Waals surface area contributed by atoms with Gasteiger partial charge in [0.25, 0.3) is 0 Å². The van der Waals surface area contributed by atoms with E-state index in [9.17, 15) is 4.79 Å². The van der Waals surface area contributed by atoms with E-state index in [0.717, 1.165) is 12.0 Å². The van der Waals surface area contributed by atoms with Crippen molar-refractivity contribution >= 4 is 5.78 Å². The largest absolute Gasteiger partial charge is 0.294 e. The van der Waals surface area contributed by atoms with Crippen LogP contribution in [0.1, 0.15) is 43.6 Å². The van der Waals surface area contributed by atoms with E-state index in [1.165, 1.54) is 5.56 Å². The molecule has 0 spiro atoms. The molecule has 0 unspecified atom stereocenters. The van der Waals surface area contributed by atoms with Crippen LogP contribution in [0.15, 0.2) is 24.3 Å². The van der Waals surface area contributed by atoms with Crippen molar-refractivity contribution in [2.75, 3.05) is 0 Å². The van der Waals surface area contributed by atoms with Crippen molar-refractivity contribution in [2.45, 2.75) is 34.1 Å². The van der Waals surface area contributed by atoms with Gasteiger partial charge in [-0.3, -0.25) is 4.79 Å². The second-order valence-electron chi connectivity index (χ2n) is 5.51. The molecule has 0 amide bonds. The van der Waals surface area contributed by atoms with Crippen molar-refractivity contribution in [2.24, 2.45) is 17.3 Å². The van der Waals surface area contributed by atoms with Gasteiger partial charge in [-0.15, -0.1) is 0 Å². The SMILES string of the molecule is CC(C)C1(C(C)C)Cc2ccccc2C1=O. The van der Waals surface area contributed by atoms with Gasteiger partial charge in [0.05, 0.1) is 0 Å². The standard InChI is InChI=1S/C15H20O/c1-10(2)15(11(3)4)9-12-7-5-6-8-13(12)14(15)16/h5-8,10-11H,9H2,1-4H3. The van der Waals surface area contributed by atoms with Crippen LogP contribution in [0.3, 0.4) is 0 Å². The molecule has 1 aliphatic carbocycles. The normalized spacial score (nSPS) is 18.2. The minimum atomic E-state index is -0.177. The number of Topliss-reactive ketones (excluding diaryl/α,β-unsaturated/α-hetero) is 1. The van der Waals surface area contributed by atoms with Crippen molar-refractivity contribution in [1.82, 2.24) is 0 Å². The summed E-state index contributed by atoms with van der Waals surface area (Å²) in [5.41, 5.74) is 2.00. The highest BCUT2D eigenvalue weighted by atomic mass is 16.1. The Hall–Kier alpha value is -1.11. The van der Waals surface area contributed by atoms with E-state index in [2.05, 4.69) is 33.8 Å². The van der Waals surface area contributed by atoms with E-state index in [-0.39, 0.29) is 5.41 Å². The summed E-state index contributed by atoms with van der Waals surface area (Å²) in [5.74, 6) is 1.15. The maximum Gasteiger partial charge on any atom is 0.170 e. The van der Waals surface area contributed by atoms with Gasteiger partial charge in [-0.2, -0.15) is 0 Å². The first-order chi connectivity index (χ1) is 7.50. The molecule has 0 saturated heterocycles. The lowest BCUT2D eigenvalue weighted by molar-refractivity contribution is 0.0608. The van der Waals surface area contributed by atoms with Gasteiger partial charge in [0.1, 0.15) is 0 Å². The van der Waals surface area contributed by atoms with E-state index in [4.69, 9.17) is 0 Å². The summed E-state index contributed by atoms with van der Waals surface area (Å²) < 4.78 is 0. The highest BCUT2D eigenvalue weighted by Gasteiger charge is 2.49. The molecular weight excluding hydrogens is 196 g/mol. The Morgan fingerprint density at radius 2 is 1.62 bits per heavy atom. The molecule has 1 heteroatoms. The van der Waals surface area contributed by atoms with Gasteiger partial charge >= 0.3 is 0 Å². The van der Waals surface area contributed by atoms with Gasteiger partial charge in [0.15, 0.2) is 5.78 Å². The number of benzene rings is 1. The number of fused-ring (bicyclic) bond motifs is 1. The van der Waals surface area contributed by atoms with Gasteiger partial charge in [0.2, 0.25) is 0 Å². The lowest BCUT2D eigenvalue weighted by Gasteiger charge is -2.35. The van der Waals surface area contributed by atoms with E-state index in [0.29, 0.717) is 17.6 Å². The Kier molecular flexibility index (Phi) is 2.65. The van der Waals surface area contributed by atoms with Gasteiger partial charge in [0, 0.05) is 11.0 Å². The second-order valence-corrected chi connectivity index (χ2v) is 5.51. The van der Waals surface area contributed by atoms with E-state index in [1.807, 2.05) is 18.2 Å². The molecule has 1 aliphatic rings. The van der Waals surface area contributed by atoms with Crippen molar-refractivity contribution in [3.8, 4) is 0 Å². The molecular formula is C15H20O. The minimum absolute atomic E-state index is 0.177. The number of hydrogen-bond acceptors (Lipinski definition) is 1. The van der Waals surface area contributed by atoms with Crippen LogP contribution in [0.2, 0.25) is 0 Å². The molecule has 1 nitrogen and oxygen atoms in total. The molecule has 0 atom stereocenters. The van der Waals surface area contributed by atoms with Gasteiger partial charge in [-0.1, -0.05) is 52.0 Å². The summed E-state index contributed by atoms with van der Waals surface area (Å²) in [6, 6.07) is 8.07. The van der Waals surface area contributed by atoms with Crippen LogP contribution in [0.5, 0.6) is 0 Å². The van der Waals surface area contributed by atoms with Crippen molar-refractivity contribution in [1.29, 1.82) is 0 Å². The predicted molar refractivity (Wildman–Crippen MR) is 66.6 cm³/mol. The molecule has 0 fully saturated rings. The molecule has 1 aromatic rings. The Morgan fingerprint density at radius 3 is 2.12 bits per heavy atom. The van der Waals surface area contributed by atoms with E-state index < -0.39 is 0 Å². The molecule has 2 rings (SSSR count). The second kappa shape index (κ2) is 3.73. The quantitative estimate of drug-likeness (QED) is 0.736. The molecule has 0 N–H and O–H groups in total. The molecule has 0 radical (unpaired) electrons. The summed E-state index contributed by atoms with van der Waals surface area (Å²) in [4.78, 5) is 12.6. The lowest BCUT2D eigenvalue weighted by Crippen LogP contribution is -2.39. The number of hydrogen-bond donors (Lipinski definition) is 0. The van der Waals surface area contributed by atoms with Crippen LogP contribution >= 0.6 is 0 Å². The van der Waals surface area contributed by atoms with E-state index >= 15 is 0 Å². The maximum absolute atomic E-state index is 12.6. The Balaban J connectivity index is 2.53. The zero-order valence-corrected chi connectivity index (χ0v) is 10.6. The number of carbonyl (C=O) groups is 1. The molecule has 16 heavy (non-hydrogen) atoms. The first kappa shape index (κ1) is 11.4. The average Bonchev–Trinajstić information content (AvgIpc) is 2.54. The molecule has 0 aliphatic heterocycles. The zero-order valence-electron chi connectivity index (χ0n) is 10.6. The summed E-state index contributed by atoms with van der Waals surface area (Å²) in [6.07, 6.45) is 0.914. The molecule has 0 bridgehead atoms. The summed E-state index contributed by atoms with van der Waals surface area (Å²) in [7, 11) is 0. The van der Waals surface area contributed by atoms with Gasteiger partial charge in [-0.25, -0.2) is 0 Å². The van der Waals surface area contributed by atoms with Crippen LogP contribution in [0.25, 0.3) is 0 Å².